The van der Waals surface area contributed by atoms with Gasteiger partial charge in [-0.2, -0.15) is 0 Å². The van der Waals surface area contributed by atoms with Crippen molar-refractivity contribution in [2.75, 3.05) is 0 Å². The number of carbonyl (C=O) groups is 2. The van der Waals surface area contributed by atoms with E-state index in [2.05, 4.69) is 15.6 Å². The maximum atomic E-state index is 11.7. The lowest BCUT2D eigenvalue weighted by molar-refractivity contribution is 0.0519. The Morgan fingerprint density at radius 2 is 2.17 bits per heavy atom. The van der Waals surface area contributed by atoms with Crippen LogP contribution in [0.1, 0.15) is 42.7 Å². The van der Waals surface area contributed by atoms with E-state index in [0.717, 1.165) is 0 Å². The van der Waals surface area contributed by atoms with Crippen LogP contribution in [0.4, 0.5) is 4.79 Å². The second-order valence-corrected chi connectivity index (χ2v) is 5.78. The van der Waals surface area contributed by atoms with Gasteiger partial charge >= 0.3 is 12.1 Å². The molecule has 0 aromatic carbocycles. The van der Waals surface area contributed by atoms with Crippen molar-refractivity contribution in [1.29, 1.82) is 0 Å². The summed E-state index contributed by atoms with van der Waals surface area (Å²) >= 11 is 0. The highest BCUT2D eigenvalue weighted by Gasteiger charge is 2.22. The van der Waals surface area contributed by atoms with Crippen molar-refractivity contribution < 1.29 is 23.8 Å². The summed E-state index contributed by atoms with van der Waals surface area (Å²) in [6, 6.07) is 3.44. The van der Waals surface area contributed by atoms with Gasteiger partial charge in [-0.1, -0.05) is 5.21 Å². The molecule has 2 aromatic rings. The molecule has 1 amide bonds. The largest absolute Gasteiger partial charge is 0.476 e. The predicted molar refractivity (Wildman–Crippen MR) is 77.9 cm³/mol. The zero-order chi connectivity index (χ0) is 17.0. The number of hydrogen-bond acceptors (Lipinski definition) is 6. The Kier molecular flexibility index (Phi) is 4.68. The summed E-state index contributed by atoms with van der Waals surface area (Å²) in [6.07, 6.45) is 0.850. The van der Waals surface area contributed by atoms with Crippen molar-refractivity contribution in [3.8, 4) is 0 Å². The minimum atomic E-state index is -1.23. The Labute approximate surface area is 132 Å². The summed E-state index contributed by atoms with van der Waals surface area (Å²) in [4.78, 5) is 22.9. The Balaban J connectivity index is 2.13. The van der Waals surface area contributed by atoms with E-state index in [-0.39, 0.29) is 24.5 Å². The standard InChI is InChI=1S/C14H18N4O5/c1-14(2,3)23-13(21)15-7-10-11(12(19)20)16-17-18(10)8-9-5-4-6-22-9/h4-6H,7-8H2,1-3H3,(H,15,21)(H,19,20). The fraction of sp³-hybridized carbons (Fsp3) is 0.429. The number of carbonyl (C=O) groups excluding carboxylic acids is 1. The highest BCUT2D eigenvalue weighted by Crippen LogP contribution is 2.11. The SMILES string of the molecule is CC(C)(C)OC(=O)NCc1c(C(=O)O)nnn1Cc1ccco1. The number of nitrogens with one attached hydrogen (secondary N) is 1. The third kappa shape index (κ3) is 4.56. The number of carboxylic acids is 1. The van der Waals surface area contributed by atoms with Crippen LogP contribution >= 0.6 is 0 Å². The second-order valence-electron chi connectivity index (χ2n) is 5.78. The number of hydrogen-bond donors (Lipinski definition) is 2. The topological polar surface area (TPSA) is 119 Å². The normalized spacial score (nSPS) is 11.3. The van der Waals surface area contributed by atoms with Gasteiger partial charge in [0.25, 0.3) is 0 Å². The molecule has 0 unspecified atom stereocenters. The molecule has 0 bridgehead atoms. The van der Waals surface area contributed by atoms with Gasteiger partial charge in [0.1, 0.15) is 17.9 Å². The summed E-state index contributed by atoms with van der Waals surface area (Å²) in [5, 5.41) is 19.1. The van der Waals surface area contributed by atoms with Crippen molar-refractivity contribution in [3.63, 3.8) is 0 Å². The van der Waals surface area contributed by atoms with Gasteiger partial charge in [0, 0.05) is 0 Å². The van der Waals surface area contributed by atoms with Crippen molar-refractivity contribution >= 4 is 12.1 Å². The summed E-state index contributed by atoms with van der Waals surface area (Å²) in [5.41, 5.74) is -0.626. The van der Waals surface area contributed by atoms with Gasteiger partial charge in [0.05, 0.1) is 18.5 Å². The van der Waals surface area contributed by atoms with Crippen LogP contribution in [-0.2, 0) is 17.8 Å². The van der Waals surface area contributed by atoms with E-state index in [9.17, 15) is 14.7 Å². The molecule has 0 radical (unpaired) electrons. The first-order valence-corrected chi connectivity index (χ1v) is 6.91. The third-order valence-electron chi connectivity index (χ3n) is 2.72. The fourth-order valence-corrected chi connectivity index (χ4v) is 1.82. The maximum Gasteiger partial charge on any atom is 0.407 e. The smallest absolute Gasteiger partial charge is 0.407 e. The fourth-order valence-electron chi connectivity index (χ4n) is 1.82. The molecule has 23 heavy (non-hydrogen) atoms. The van der Waals surface area contributed by atoms with Crippen molar-refractivity contribution in [3.05, 3.63) is 35.5 Å². The van der Waals surface area contributed by atoms with Crippen molar-refractivity contribution in [1.82, 2.24) is 20.3 Å². The molecule has 2 N–H and O–H groups in total. The molecule has 0 fully saturated rings. The number of aromatic carboxylic acids is 1. The van der Waals surface area contributed by atoms with Gasteiger partial charge in [0.2, 0.25) is 0 Å². The lowest BCUT2D eigenvalue weighted by Gasteiger charge is -2.19. The van der Waals surface area contributed by atoms with E-state index in [1.807, 2.05) is 0 Å². The molecule has 0 aliphatic carbocycles. The number of amides is 1. The molecule has 124 valence electrons. The van der Waals surface area contributed by atoms with Crippen LogP contribution in [-0.4, -0.2) is 37.8 Å². The molecular weight excluding hydrogens is 304 g/mol. The molecular formula is C14H18N4O5. The lowest BCUT2D eigenvalue weighted by atomic mass is 10.2. The molecule has 9 heteroatoms. The minimum absolute atomic E-state index is 0.0791. The minimum Gasteiger partial charge on any atom is -0.476 e. The summed E-state index contributed by atoms with van der Waals surface area (Å²) < 4.78 is 11.7. The molecule has 2 rings (SSSR count). The van der Waals surface area contributed by atoms with Gasteiger partial charge in [0.15, 0.2) is 5.69 Å². The number of rotatable bonds is 5. The Hall–Kier alpha value is -2.84. The zero-order valence-electron chi connectivity index (χ0n) is 13.1. The van der Waals surface area contributed by atoms with E-state index in [1.165, 1.54) is 10.9 Å². The third-order valence-corrected chi connectivity index (χ3v) is 2.72. The summed E-state index contributed by atoms with van der Waals surface area (Å²) in [5.74, 6) is -0.637. The Morgan fingerprint density at radius 3 is 2.74 bits per heavy atom. The average molecular weight is 322 g/mol. The Morgan fingerprint density at radius 1 is 1.43 bits per heavy atom. The monoisotopic (exact) mass is 322 g/mol. The van der Waals surface area contributed by atoms with Crippen LogP contribution in [0, 0.1) is 0 Å². The molecule has 0 saturated carbocycles. The number of alkyl carbamates (subject to hydrolysis) is 1. The summed E-state index contributed by atoms with van der Waals surface area (Å²) in [7, 11) is 0. The van der Waals surface area contributed by atoms with Gasteiger partial charge in [-0.3, -0.25) is 0 Å². The number of carboxylic acid groups (broad SMARTS) is 1. The molecule has 2 aromatic heterocycles. The molecule has 0 spiro atoms. The van der Waals surface area contributed by atoms with E-state index in [4.69, 9.17) is 9.15 Å². The Bertz CT molecular complexity index is 685. The van der Waals surface area contributed by atoms with Crippen LogP contribution < -0.4 is 5.32 Å². The maximum absolute atomic E-state index is 11.7. The highest BCUT2D eigenvalue weighted by atomic mass is 16.6. The number of furan rings is 1. The van der Waals surface area contributed by atoms with Crippen molar-refractivity contribution in [2.45, 2.75) is 39.5 Å². The zero-order valence-corrected chi connectivity index (χ0v) is 13.1. The first-order chi connectivity index (χ1) is 10.8. The van der Waals surface area contributed by atoms with E-state index < -0.39 is 17.7 Å². The van der Waals surface area contributed by atoms with Crippen LogP contribution in [0.5, 0.6) is 0 Å². The first-order valence-electron chi connectivity index (χ1n) is 6.91. The van der Waals surface area contributed by atoms with Crippen LogP contribution in [0.2, 0.25) is 0 Å². The molecule has 0 aliphatic heterocycles. The average Bonchev–Trinajstić information content (AvgIpc) is 3.04. The van der Waals surface area contributed by atoms with Gasteiger partial charge in [-0.05, 0) is 32.9 Å². The highest BCUT2D eigenvalue weighted by molar-refractivity contribution is 5.86. The van der Waals surface area contributed by atoms with Crippen LogP contribution in [0.3, 0.4) is 0 Å². The number of aromatic nitrogens is 3. The molecule has 0 aliphatic rings. The first kappa shape index (κ1) is 16.5. The van der Waals surface area contributed by atoms with Gasteiger partial charge in [-0.25, -0.2) is 14.3 Å². The predicted octanol–water partition coefficient (Wildman–Crippen LogP) is 1.64. The number of nitrogens with zero attached hydrogens (tertiary/aromatic N) is 3. The molecule has 9 nitrogen and oxygen atoms in total. The lowest BCUT2D eigenvalue weighted by Crippen LogP contribution is -2.33. The van der Waals surface area contributed by atoms with E-state index in [1.54, 1.807) is 32.9 Å². The van der Waals surface area contributed by atoms with Crippen LogP contribution in [0.15, 0.2) is 22.8 Å². The van der Waals surface area contributed by atoms with Gasteiger partial charge in [-0.15, -0.1) is 5.10 Å². The van der Waals surface area contributed by atoms with E-state index in [0.29, 0.717) is 5.76 Å². The van der Waals surface area contributed by atoms with Crippen molar-refractivity contribution in [2.24, 2.45) is 0 Å². The van der Waals surface area contributed by atoms with E-state index >= 15 is 0 Å². The van der Waals surface area contributed by atoms with Gasteiger partial charge < -0.3 is 19.6 Å². The second kappa shape index (κ2) is 6.51. The number of ether oxygens (including phenoxy) is 1. The molecule has 0 atom stereocenters. The summed E-state index contributed by atoms with van der Waals surface area (Å²) in [6.45, 7) is 5.33. The molecule has 2 heterocycles. The molecule has 0 saturated heterocycles. The quantitative estimate of drug-likeness (QED) is 0.858. The van der Waals surface area contributed by atoms with Crippen LogP contribution in [0.25, 0.3) is 0 Å².